The number of phenolic OH excluding ortho intramolecular Hbond substituents is 1. The molecule has 0 amide bonds. The van der Waals surface area contributed by atoms with E-state index in [0.29, 0.717) is 5.75 Å². The summed E-state index contributed by atoms with van der Waals surface area (Å²) in [4.78, 5) is 4.95. The van der Waals surface area contributed by atoms with Crippen LogP contribution in [0.4, 0.5) is 0 Å². The first-order valence-corrected chi connectivity index (χ1v) is 7.84. The molecule has 3 rings (SSSR count). The second kappa shape index (κ2) is 6.46. The SMILES string of the molecule is CN1CCN(CCCc2ccc(O)c3ccccc23)CC1. The summed E-state index contributed by atoms with van der Waals surface area (Å²) < 4.78 is 0. The van der Waals surface area contributed by atoms with E-state index in [4.69, 9.17) is 0 Å². The predicted molar refractivity (Wildman–Crippen MR) is 87.9 cm³/mol. The molecule has 112 valence electrons. The van der Waals surface area contributed by atoms with Gasteiger partial charge < -0.3 is 14.9 Å². The zero-order chi connectivity index (χ0) is 14.7. The van der Waals surface area contributed by atoms with Crippen LogP contribution in [-0.4, -0.2) is 54.7 Å². The second-order valence-electron chi connectivity index (χ2n) is 6.04. The first-order chi connectivity index (χ1) is 10.2. The molecule has 1 N–H and O–H groups in total. The number of piperazine rings is 1. The summed E-state index contributed by atoms with van der Waals surface area (Å²) in [5.41, 5.74) is 1.34. The summed E-state index contributed by atoms with van der Waals surface area (Å²) in [5, 5.41) is 12.1. The summed E-state index contributed by atoms with van der Waals surface area (Å²) >= 11 is 0. The van der Waals surface area contributed by atoms with Crippen LogP contribution in [0, 0.1) is 0 Å². The molecular weight excluding hydrogens is 260 g/mol. The molecule has 0 saturated carbocycles. The molecule has 0 aromatic heterocycles. The van der Waals surface area contributed by atoms with E-state index in [1.807, 2.05) is 24.3 Å². The van der Waals surface area contributed by atoms with Crippen LogP contribution in [0.5, 0.6) is 5.75 Å². The fourth-order valence-electron chi connectivity index (χ4n) is 3.13. The van der Waals surface area contributed by atoms with Crippen LogP contribution in [0.3, 0.4) is 0 Å². The van der Waals surface area contributed by atoms with Crippen molar-refractivity contribution >= 4 is 10.8 Å². The van der Waals surface area contributed by atoms with Gasteiger partial charge in [-0.15, -0.1) is 0 Å². The van der Waals surface area contributed by atoms with E-state index in [1.54, 1.807) is 0 Å². The van der Waals surface area contributed by atoms with Gasteiger partial charge in [-0.3, -0.25) is 0 Å². The molecule has 0 bridgehead atoms. The van der Waals surface area contributed by atoms with E-state index in [2.05, 4.69) is 29.0 Å². The molecule has 0 aliphatic carbocycles. The summed E-state index contributed by atoms with van der Waals surface area (Å²) in [6.07, 6.45) is 2.26. The molecule has 0 atom stereocenters. The molecule has 2 aromatic rings. The fraction of sp³-hybridized carbons (Fsp3) is 0.444. The van der Waals surface area contributed by atoms with Crippen LogP contribution in [-0.2, 0) is 6.42 Å². The van der Waals surface area contributed by atoms with Gasteiger partial charge in [-0.1, -0.05) is 30.3 Å². The lowest BCUT2D eigenvalue weighted by Gasteiger charge is -2.32. The molecule has 21 heavy (non-hydrogen) atoms. The van der Waals surface area contributed by atoms with E-state index in [0.717, 1.165) is 11.8 Å². The Morgan fingerprint density at radius 2 is 1.67 bits per heavy atom. The maximum atomic E-state index is 9.94. The molecule has 3 nitrogen and oxygen atoms in total. The van der Waals surface area contributed by atoms with Crippen molar-refractivity contribution in [2.45, 2.75) is 12.8 Å². The smallest absolute Gasteiger partial charge is 0.123 e. The monoisotopic (exact) mass is 284 g/mol. The first-order valence-electron chi connectivity index (χ1n) is 7.84. The molecule has 1 aliphatic rings. The third-order valence-corrected chi connectivity index (χ3v) is 4.51. The maximum Gasteiger partial charge on any atom is 0.123 e. The molecule has 0 radical (unpaired) electrons. The highest BCUT2D eigenvalue weighted by atomic mass is 16.3. The number of aryl methyl sites for hydroxylation is 1. The highest BCUT2D eigenvalue weighted by molar-refractivity contribution is 5.90. The van der Waals surface area contributed by atoms with Crippen molar-refractivity contribution in [2.75, 3.05) is 39.8 Å². The van der Waals surface area contributed by atoms with Crippen molar-refractivity contribution in [3.05, 3.63) is 42.0 Å². The Hall–Kier alpha value is -1.58. The van der Waals surface area contributed by atoms with E-state index in [9.17, 15) is 5.11 Å². The van der Waals surface area contributed by atoms with Gasteiger partial charge in [0.05, 0.1) is 0 Å². The Morgan fingerprint density at radius 3 is 2.43 bits per heavy atom. The van der Waals surface area contributed by atoms with Crippen molar-refractivity contribution in [2.24, 2.45) is 0 Å². The van der Waals surface area contributed by atoms with Gasteiger partial charge in [-0.05, 0) is 43.5 Å². The van der Waals surface area contributed by atoms with E-state index in [1.165, 1.54) is 50.1 Å². The molecule has 1 fully saturated rings. The Kier molecular flexibility index (Phi) is 4.42. The van der Waals surface area contributed by atoms with Gasteiger partial charge in [-0.2, -0.15) is 0 Å². The first kappa shape index (κ1) is 14.4. The van der Waals surface area contributed by atoms with Gasteiger partial charge in [0.25, 0.3) is 0 Å². The van der Waals surface area contributed by atoms with Gasteiger partial charge in [0.1, 0.15) is 5.75 Å². The molecule has 0 spiro atoms. The summed E-state index contributed by atoms with van der Waals surface area (Å²) in [5.74, 6) is 0.383. The highest BCUT2D eigenvalue weighted by Gasteiger charge is 2.13. The van der Waals surface area contributed by atoms with Crippen molar-refractivity contribution in [3.63, 3.8) is 0 Å². The average Bonchev–Trinajstić information content (AvgIpc) is 2.52. The number of hydrogen-bond acceptors (Lipinski definition) is 3. The molecule has 1 aliphatic heterocycles. The minimum Gasteiger partial charge on any atom is -0.507 e. The number of rotatable bonds is 4. The predicted octanol–water partition coefficient (Wildman–Crippen LogP) is 2.73. The van der Waals surface area contributed by atoms with Crippen LogP contribution in [0.2, 0.25) is 0 Å². The lowest BCUT2D eigenvalue weighted by molar-refractivity contribution is 0.153. The topological polar surface area (TPSA) is 26.7 Å². The number of nitrogens with zero attached hydrogens (tertiary/aromatic N) is 2. The fourth-order valence-corrected chi connectivity index (χ4v) is 3.13. The zero-order valence-electron chi connectivity index (χ0n) is 12.8. The Labute approximate surface area is 126 Å². The van der Waals surface area contributed by atoms with Gasteiger partial charge >= 0.3 is 0 Å². The number of phenols is 1. The van der Waals surface area contributed by atoms with Gasteiger partial charge in [-0.25, -0.2) is 0 Å². The Bertz CT molecular complexity index is 603. The van der Waals surface area contributed by atoms with Crippen LogP contribution < -0.4 is 0 Å². The van der Waals surface area contributed by atoms with Crippen molar-refractivity contribution in [3.8, 4) is 5.75 Å². The third-order valence-electron chi connectivity index (χ3n) is 4.51. The highest BCUT2D eigenvalue weighted by Crippen LogP contribution is 2.28. The number of benzene rings is 2. The van der Waals surface area contributed by atoms with Crippen LogP contribution >= 0.6 is 0 Å². The van der Waals surface area contributed by atoms with Gasteiger partial charge in [0.2, 0.25) is 0 Å². The van der Waals surface area contributed by atoms with Crippen molar-refractivity contribution in [1.82, 2.24) is 9.80 Å². The number of fused-ring (bicyclic) bond motifs is 1. The van der Waals surface area contributed by atoms with Gasteiger partial charge in [0, 0.05) is 31.6 Å². The number of likely N-dealkylation sites (N-methyl/N-ethyl adjacent to an activating group) is 1. The average molecular weight is 284 g/mol. The zero-order valence-corrected chi connectivity index (χ0v) is 12.8. The summed E-state index contributed by atoms with van der Waals surface area (Å²) in [6.45, 7) is 5.91. The standard InChI is InChI=1S/C18H24N2O/c1-19-11-13-20(14-12-19)10-4-5-15-8-9-18(21)17-7-3-2-6-16(15)17/h2-3,6-9,21H,4-5,10-14H2,1H3. The molecule has 1 heterocycles. The lowest BCUT2D eigenvalue weighted by atomic mass is 10.00. The minimum atomic E-state index is 0.383. The third kappa shape index (κ3) is 3.36. The molecular formula is C18H24N2O. The number of hydrogen-bond donors (Lipinski definition) is 1. The van der Waals surface area contributed by atoms with Gasteiger partial charge in [0.15, 0.2) is 0 Å². The van der Waals surface area contributed by atoms with Crippen LogP contribution in [0.25, 0.3) is 10.8 Å². The maximum absolute atomic E-state index is 9.94. The normalized spacial score (nSPS) is 17.4. The molecule has 2 aromatic carbocycles. The van der Waals surface area contributed by atoms with Crippen LogP contribution in [0.1, 0.15) is 12.0 Å². The van der Waals surface area contributed by atoms with Crippen LogP contribution in [0.15, 0.2) is 36.4 Å². The molecule has 0 unspecified atom stereocenters. The quantitative estimate of drug-likeness (QED) is 0.935. The molecule has 3 heteroatoms. The largest absolute Gasteiger partial charge is 0.507 e. The van der Waals surface area contributed by atoms with Crippen molar-refractivity contribution < 1.29 is 5.11 Å². The minimum absolute atomic E-state index is 0.383. The summed E-state index contributed by atoms with van der Waals surface area (Å²) in [6, 6.07) is 12.0. The second-order valence-corrected chi connectivity index (χ2v) is 6.04. The number of aromatic hydroxyl groups is 1. The lowest BCUT2D eigenvalue weighted by Crippen LogP contribution is -2.44. The Balaban J connectivity index is 1.62. The van der Waals surface area contributed by atoms with Crippen molar-refractivity contribution in [1.29, 1.82) is 0 Å². The van der Waals surface area contributed by atoms with E-state index >= 15 is 0 Å². The van der Waals surface area contributed by atoms with E-state index < -0.39 is 0 Å². The van der Waals surface area contributed by atoms with E-state index in [-0.39, 0.29) is 0 Å². The Morgan fingerprint density at radius 1 is 0.952 bits per heavy atom. The summed E-state index contributed by atoms with van der Waals surface area (Å²) in [7, 11) is 2.19. The molecule has 1 saturated heterocycles.